The average Bonchev–Trinajstić information content (AvgIpc) is 3.02. The van der Waals surface area contributed by atoms with Crippen LogP contribution in [0.25, 0.3) is 0 Å². The summed E-state index contributed by atoms with van der Waals surface area (Å²) in [6.07, 6.45) is 18.4. The van der Waals surface area contributed by atoms with E-state index in [9.17, 15) is 4.79 Å². The van der Waals surface area contributed by atoms with Crippen LogP contribution in [0.5, 0.6) is 0 Å². The summed E-state index contributed by atoms with van der Waals surface area (Å²) in [6.45, 7) is 7.55. The second-order valence-corrected chi connectivity index (χ2v) is 10.8. The minimum Gasteiger partial charge on any atom is -0.469 e. The third kappa shape index (κ3) is 3.10. The van der Waals surface area contributed by atoms with Crippen molar-refractivity contribution in [1.82, 2.24) is 0 Å². The predicted molar refractivity (Wildman–Crippen MR) is 110 cm³/mol. The van der Waals surface area contributed by atoms with E-state index in [1.54, 1.807) is 0 Å². The molecule has 0 saturated heterocycles. The number of hydrogen-bond acceptors (Lipinski definition) is 2. The van der Waals surface area contributed by atoms with Crippen molar-refractivity contribution in [1.29, 1.82) is 0 Å². The highest BCUT2D eigenvalue weighted by atomic mass is 16.5. The van der Waals surface area contributed by atoms with Gasteiger partial charge in [0.05, 0.1) is 7.11 Å². The van der Waals surface area contributed by atoms with Crippen LogP contribution in [0.4, 0.5) is 0 Å². The number of carbonyl (C=O) groups is 1. The third-order valence-electron chi connectivity index (χ3n) is 9.81. The molecule has 0 bridgehead atoms. The molecule has 0 unspecified atom stereocenters. The van der Waals surface area contributed by atoms with Crippen molar-refractivity contribution >= 4 is 5.97 Å². The molecule has 3 fully saturated rings. The Kier molecular flexibility index (Phi) is 5.23. The SMILES string of the molecule is COC(=O)CC[C@H](C)[C@H]1CC[C@H]2[C@@H]3CC[C@H]4CCCC[C@]4(C)[C@H]3C=C[C@]12C. The summed E-state index contributed by atoms with van der Waals surface area (Å²) in [7, 11) is 1.51. The van der Waals surface area contributed by atoms with Gasteiger partial charge in [0, 0.05) is 6.42 Å². The maximum atomic E-state index is 11.6. The van der Waals surface area contributed by atoms with Gasteiger partial charge < -0.3 is 4.74 Å². The molecular formula is C25H40O2. The van der Waals surface area contributed by atoms with Crippen LogP contribution < -0.4 is 0 Å². The number of ether oxygens (including phenoxy) is 1. The Labute approximate surface area is 166 Å². The summed E-state index contributed by atoms with van der Waals surface area (Å²) < 4.78 is 4.87. The first-order valence-corrected chi connectivity index (χ1v) is 11.7. The van der Waals surface area contributed by atoms with Gasteiger partial charge in [0.1, 0.15) is 0 Å². The lowest BCUT2D eigenvalue weighted by atomic mass is 9.46. The second-order valence-electron chi connectivity index (χ2n) is 10.8. The molecule has 3 saturated carbocycles. The van der Waals surface area contributed by atoms with E-state index >= 15 is 0 Å². The zero-order valence-corrected chi connectivity index (χ0v) is 18.0. The van der Waals surface area contributed by atoms with E-state index in [2.05, 4.69) is 32.9 Å². The zero-order chi connectivity index (χ0) is 19.2. The van der Waals surface area contributed by atoms with Gasteiger partial charge in [-0.25, -0.2) is 0 Å². The summed E-state index contributed by atoms with van der Waals surface area (Å²) in [4.78, 5) is 11.6. The largest absolute Gasteiger partial charge is 0.469 e. The Morgan fingerprint density at radius 1 is 1.15 bits per heavy atom. The zero-order valence-electron chi connectivity index (χ0n) is 18.0. The van der Waals surface area contributed by atoms with E-state index in [1.807, 2.05) is 0 Å². The molecule has 4 aliphatic carbocycles. The Hall–Kier alpha value is -0.790. The highest BCUT2D eigenvalue weighted by Gasteiger charge is 2.58. The number of carbonyl (C=O) groups excluding carboxylic acids is 1. The highest BCUT2D eigenvalue weighted by molar-refractivity contribution is 5.69. The molecule has 0 spiro atoms. The van der Waals surface area contributed by atoms with Gasteiger partial charge in [0.25, 0.3) is 0 Å². The van der Waals surface area contributed by atoms with Crippen molar-refractivity contribution in [2.75, 3.05) is 7.11 Å². The quantitative estimate of drug-likeness (QED) is 0.421. The first-order valence-electron chi connectivity index (χ1n) is 11.7. The molecule has 0 heterocycles. The number of methoxy groups -OCH3 is 1. The Morgan fingerprint density at radius 2 is 1.96 bits per heavy atom. The maximum Gasteiger partial charge on any atom is 0.305 e. The predicted octanol–water partition coefficient (Wildman–Crippen LogP) is 6.40. The van der Waals surface area contributed by atoms with Crippen LogP contribution in [0, 0.1) is 46.3 Å². The van der Waals surface area contributed by atoms with Crippen LogP contribution in [0.2, 0.25) is 0 Å². The van der Waals surface area contributed by atoms with Crippen LogP contribution in [0.15, 0.2) is 12.2 Å². The fraction of sp³-hybridized carbons (Fsp3) is 0.880. The van der Waals surface area contributed by atoms with Crippen molar-refractivity contribution in [2.45, 2.75) is 85.0 Å². The van der Waals surface area contributed by atoms with E-state index < -0.39 is 0 Å². The number of rotatable bonds is 4. The van der Waals surface area contributed by atoms with E-state index in [4.69, 9.17) is 4.74 Å². The molecule has 152 valence electrons. The van der Waals surface area contributed by atoms with Gasteiger partial charge in [0.2, 0.25) is 0 Å². The monoisotopic (exact) mass is 372 g/mol. The molecule has 27 heavy (non-hydrogen) atoms. The fourth-order valence-corrected chi connectivity index (χ4v) is 8.26. The molecule has 4 rings (SSSR count). The smallest absolute Gasteiger partial charge is 0.305 e. The normalized spacial score (nSPS) is 46.9. The molecule has 8 atom stereocenters. The number of fused-ring (bicyclic) bond motifs is 5. The number of allylic oxidation sites excluding steroid dienone is 2. The minimum absolute atomic E-state index is 0.0515. The van der Waals surface area contributed by atoms with E-state index in [0.717, 1.165) is 36.0 Å². The van der Waals surface area contributed by atoms with E-state index in [-0.39, 0.29) is 5.97 Å². The van der Waals surface area contributed by atoms with Gasteiger partial charge in [-0.1, -0.05) is 45.8 Å². The Morgan fingerprint density at radius 3 is 2.74 bits per heavy atom. The van der Waals surface area contributed by atoms with Crippen molar-refractivity contribution in [3.63, 3.8) is 0 Å². The molecule has 0 aromatic carbocycles. The molecular weight excluding hydrogens is 332 g/mol. The van der Waals surface area contributed by atoms with Crippen molar-refractivity contribution in [3.8, 4) is 0 Å². The first-order chi connectivity index (χ1) is 12.9. The molecule has 0 N–H and O–H groups in total. The molecule has 0 aliphatic heterocycles. The summed E-state index contributed by atoms with van der Waals surface area (Å²) in [5.74, 6) is 4.82. The van der Waals surface area contributed by atoms with E-state index in [1.165, 1.54) is 58.5 Å². The molecule has 0 aromatic rings. The average molecular weight is 373 g/mol. The molecule has 2 nitrogen and oxygen atoms in total. The van der Waals surface area contributed by atoms with Gasteiger partial charge >= 0.3 is 5.97 Å². The summed E-state index contributed by atoms with van der Waals surface area (Å²) >= 11 is 0. The number of hydrogen-bond donors (Lipinski definition) is 0. The Balaban J connectivity index is 1.54. The molecule has 0 amide bonds. The minimum atomic E-state index is -0.0515. The lowest BCUT2D eigenvalue weighted by Gasteiger charge is -2.58. The van der Waals surface area contributed by atoms with Crippen molar-refractivity contribution in [2.24, 2.45) is 46.3 Å². The lowest BCUT2D eigenvalue weighted by molar-refractivity contribution is -0.141. The third-order valence-corrected chi connectivity index (χ3v) is 9.81. The highest BCUT2D eigenvalue weighted by Crippen LogP contribution is 2.66. The van der Waals surface area contributed by atoms with Crippen LogP contribution in [0.3, 0.4) is 0 Å². The Bertz CT molecular complexity index is 595. The second kappa shape index (κ2) is 7.23. The molecule has 2 heteroatoms. The van der Waals surface area contributed by atoms with Gasteiger partial charge in [-0.3, -0.25) is 4.79 Å². The number of esters is 1. The van der Waals surface area contributed by atoms with Crippen LogP contribution >= 0.6 is 0 Å². The molecule has 0 aromatic heterocycles. The van der Waals surface area contributed by atoms with Crippen LogP contribution in [-0.4, -0.2) is 13.1 Å². The van der Waals surface area contributed by atoms with E-state index in [0.29, 0.717) is 23.2 Å². The standard InChI is InChI=1S/C25H40O2/c1-17(8-13-23(26)27-4)20-11-12-21-19-10-9-18-7-5-6-15-24(18,2)22(19)14-16-25(20,21)3/h14,16-22H,5-13,15H2,1-4H3/t17-,18+,19-,20+,21-,22-,24-,25+/m0/s1. The van der Waals surface area contributed by atoms with Crippen molar-refractivity contribution in [3.05, 3.63) is 12.2 Å². The van der Waals surface area contributed by atoms with Crippen LogP contribution in [0.1, 0.15) is 85.0 Å². The molecule has 0 radical (unpaired) electrons. The fourth-order valence-electron chi connectivity index (χ4n) is 8.26. The van der Waals surface area contributed by atoms with Crippen LogP contribution in [-0.2, 0) is 9.53 Å². The van der Waals surface area contributed by atoms with Gasteiger partial charge in [-0.2, -0.15) is 0 Å². The van der Waals surface area contributed by atoms with Gasteiger partial charge in [-0.05, 0) is 91.3 Å². The summed E-state index contributed by atoms with van der Waals surface area (Å²) in [5.41, 5.74) is 0.905. The maximum absolute atomic E-state index is 11.6. The first kappa shape index (κ1) is 19.5. The van der Waals surface area contributed by atoms with Gasteiger partial charge in [0.15, 0.2) is 0 Å². The van der Waals surface area contributed by atoms with Gasteiger partial charge in [-0.15, -0.1) is 0 Å². The van der Waals surface area contributed by atoms with Crippen molar-refractivity contribution < 1.29 is 9.53 Å². The summed E-state index contributed by atoms with van der Waals surface area (Å²) in [6, 6.07) is 0. The summed E-state index contributed by atoms with van der Waals surface area (Å²) in [5, 5.41) is 0. The lowest BCUT2D eigenvalue weighted by Crippen LogP contribution is -2.50. The molecule has 4 aliphatic rings. The topological polar surface area (TPSA) is 26.3 Å².